The molecule has 1 aromatic rings. The first-order valence-corrected chi connectivity index (χ1v) is 6.00. The van der Waals surface area contributed by atoms with Gasteiger partial charge in [0.15, 0.2) is 0 Å². The number of hydrogen-bond acceptors (Lipinski definition) is 3. The average Bonchev–Trinajstić information content (AvgIpc) is 2.17. The summed E-state index contributed by atoms with van der Waals surface area (Å²) in [5.74, 6) is 1.67. The first-order chi connectivity index (χ1) is 7.61. The van der Waals surface area contributed by atoms with Crippen molar-refractivity contribution in [1.82, 2.24) is 9.88 Å². The smallest absolute Gasteiger partial charge is 0.126 e. The molecule has 3 nitrogen and oxygen atoms in total. The second-order valence-electron chi connectivity index (χ2n) is 4.64. The Labute approximate surface area is 98.9 Å². The number of nitrogens with zero attached hydrogens (tertiary/aromatic N) is 2. The van der Waals surface area contributed by atoms with E-state index in [2.05, 4.69) is 55.2 Å². The van der Waals surface area contributed by atoms with Gasteiger partial charge in [0.05, 0.1) is 5.69 Å². The molecule has 0 radical (unpaired) electrons. The number of aromatic nitrogens is 1. The van der Waals surface area contributed by atoms with Crippen molar-refractivity contribution in [3.8, 4) is 0 Å². The van der Waals surface area contributed by atoms with E-state index in [0.29, 0.717) is 5.92 Å². The van der Waals surface area contributed by atoms with Gasteiger partial charge in [0.1, 0.15) is 5.82 Å². The second-order valence-corrected chi connectivity index (χ2v) is 4.64. The van der Waals surface area contributed by atoms with Crippen LogP contribution < -0.4 is 5.32 Å². The Morgan fingerprint density at radius 1 is 1.38 bits per heavy atom. The number of hydrogen-bond donors (Lipinski definition) is 1. The second kappa shape index (κ2) is 6.48. The molecular weight excluding hydrogens is 198 g/mol. The third-order valence-corrected chi connectivity index (χ3v) is 2.27. The summed E-state index contributed by atoms with van der Waals surface area (Å²) in [4.78, 5) is 6.87. The van der Waals surface area contributed by atoms with E-state index in [-0.39, 0.29) is 0 Å². The summed E-state index contributed by atoms with van der Waals surface area (Å²) in [5, 5.41) is 3.23. The van der Waals surface area contributed by atoms with Crippen LogP contribution >= 0.6 is 0 Å². The van der Waals surface area contributed by atoms with Gasteiger partial charge in [-0.15, -0.1) is 0 Å². The lowest BCUT2D eigenvalue weighted by atomic mass is 10.2. The monoisotopic (exact) mass is 221 g/mol. The third-order valence-electron chi connectivity index (χ3n) is 2.27. The van der Waals surface area contributed by atoms with E-state index < -0.39 is 0 Å². The quantitative estimate of drug-likeness (QED) is 0.800. The maximum Gasteiger partial charge on any atom is 0.126 e. The van der Waals surface area contributed by atoms with Crippen molar-refractivity contribution in [2.24, 2.45) is 5.92 Å². The first-order valence-electron chi connectivity index (χ1n) is 6.00. The molecule has 1 heterocycles. The lowest BCUT2D eigenvalue weighted by Crippen LogP contribution is -2.23. The van der Waals surface area contributed by atoms with Crippen LogP contribution in [0.25, 0.3) is 0 Å². The number of nitrogens with one attached hydrogen (secondary N) is 1. The maximum atomic E-state index is 4.56. The van der Waals surface area contributed by atoms with E-state index >= 15 is 0 Å². The Balaban J connectivity index is 2.55. The summed E-state index contributed by atoms with van der Waals surface area (Å²) in [6, 6.07) is 6.15. The molecule has 0 unspecified atom stereocenters. The Morgan fingerprint density at radius 3 is 2.75 bits per heavy atom. The fourth-order valence-electron chi connectivity index (χ4n) is 1.81. The highest BCUT2D eigenvalue weighted by Gasteiger charge is 2.04. The molecule has 0 saturated heterocycles. The molecule has 1 N–H and O–H groups in total. The summed E-state index contributed by atoms with van der Waals surface area (Å²) in [5.41, 5.74) is 1.13. The molecule has 3 heteroatoms. The van der Waals surface area contributed by atoms with Crippen LogP contribution in [0.5, 0.6) is 0 Å². The van der Waals surface area contributed by atoms with Crippen molar-refractivity contribution >= 4 is 5.82 Å². The van der Waals surface area contributed by atoms with Crippen molar-refractivity contribution < 1.29 is 0 Å². The van der Waals surface area contributed by atoms with Gasteiger partial charge >= 0.3 is 0 Å². The largest absolute Gasteiger partial charge is 0.370 e. The molecule has 0 amide bonds. The van der Waals surface area contributed by atoms with E-state index in [1.807, 2.05) is 6.07 Å². The zero-order valence-corrected chi connectivity index (χ0v) is 10.8. The van der Waals surface area contributed by atoms with Gasteiger partial charge in [0.2, 0.25) is 0 Å². The van der Waals surface area contributed by atoms with Gasteiger partial charge in [-0.25, -0.2) is 4.98 Å². The summed E-state index contributed by atoms with van der Waals surface area (Å²) in [6.07, 6.45) is 0. The molecule has 0 aliphatic carbocycles. The minimum atomic E-state index is 0.696. The van der Waals surface area contributed by atoms with Crippen LogP contribution in [0.1, 0.15) is 26.5 Å². The summed E-state index contributed by atoms with van der Waals surface area (Å²) < 4.78 is 0. The zero-order chi connectivity index (χ0) is 12.0. The zero-order valence-electron chi connectivity index (χ0n) is 10.8. The SMILES string of the molecule is CCNc1cccc(CN(C)CC(C)C)n1. The molecule has 0 atom stereocenters. The van der Waals surface area contributed by atoms with Gasteiger partial charge in [-0.05, 0) is 32.0 Å². The molecule has 0 aliphatic rings. The summed E-state index contributed by atoms with van der Waals surface area (Å²) in [7, 11) is 2.14. The van der Waals surface area contributed by atoms with Crippen molar-refractivity contribution in [3.05, 3.63) is 23.9 Å². The standard InChI is InChI=1S/C13H23N3/c1-5-14-13-8-6-7-12(15-13)10-16(4)9-11(2)3/h6-8,11H,5,9-10H2,1-4H3,(H,14,15). The fraction of sp³-hybridized carbons (Fsp3) is 0.615. The molecule has 90 valence electrons. The van der Waals surface area contributed by atoms with Gasteiger partial charge < -0.3 is 10.2 Å². The molecule has 1 aromatic heterocycles. The van der Waals surface area contributed by atoms with Crippen molar-refractivity contribution in [1.29, 1.82) is 0 Å². The molecule has 0 aliphatic heterocycles. The maximum absolute atomic E-state index is 4.56. The van der Waals surface area contributed by atoms with E-state index in [9.17, 15) is 0 Å². The van der Waals surface area contributed by atoms with Crippen LogP contribution in [-0.2, 0) is 6.54 Å². The molecule has 0 bridgehead atoms. The minimum absolute atomic E-state index is 0.696. The highest BCUT2D eigenvalue weighted by molar-refractivity contribution is 5.34. The Kier molecular flexibility index (Phi) is 5.26. The van der Waals surface area contributed by atoms with E-state index in [1.165, 1.54) is 0 Å². The lowest BCUT2D eigenvalue weighted by molar-refractivity contribution is 0.285. The molecule has 0 spiro atoms. The van der Waals surface area contributed by atoms with E-state index in [4.69, 9.17) is 0 Å². The highest BCUT2D eigenvalue weighted by atomic mass is 15.1. The van der Waals surface area contributed by atoms with Crippen molar-refractivity contribution in [2.75, 3.05) is 25.5 Å². The highest BCUT2D eigenvalue weighted by Crippen LogP contribution is 2.07. The van der Waals surface area contributed by atoms with Crippen LogP contribution in [0.4, 0.5) is 5.82 Å². The molecule has 1 rings (SSSR count). The first kappa shape index (κ1) is 13.0. The minimum Gasteiger partial charge on any atom is -0.370 e. The van der Waals surface area contributed by atoms with Gasteiger partial charge in [-0.2, -0.15) is 0 Å². The van der Waals surface area contributed by atoms with Crippen LogP contribution in [0.2, 0.25) is 0 Å². The van der Waals surface area contributed by atoms with E-state index in [1.54, 1.807) is 0 Å². The van der Waals surface area contributed by atoms with Gasteiger partial charge in [0, 0.05) is 19.6 Å². The fourth-order valence-corrected chi connectivity index (χ4v) is 1.81. The van der Waals surface area contributed by atoms with Crippen LogP contribution in [-0.4, -0.2) is 30.0 Å². The molecule has 0 aromatic carbocycles. The topological polar surface area (TPSA) is 28.2 Å². The van der Waals surface area contributed by atoms with Gasteiger partial charge in [0.25, 0.3) is 0 Å². The third kappa shape index (κ3) is 4.62. The molecule has 0 fully saturated rings. The predicted molar refractivity (Wildman–Crippen MR) is 69.6 cm³/mol. The molecule has 0 saturated carbocycles. The predicted octanol–water partition coefficient (Wildman–Crippen LogP) is 2.60. The van der Waals surface area contributed by atoms with E-state index in [0.717, 1.165) is 31.1 Å². The normalized spacial score (nSPS) is 11.1. The van der Waals surface area contributed by atoms with Gasteiger partial charge in [-0.1, -0.05) is 19.9 Å². The lowest BCUT2D eigenvalue weighted by Gasteiger charge is -2.18. The summed E-state index contributed by atoms with van der Waals surface area (Å²) >= 11 is 0. The Hall–Kier alpha value is -1.09. The Bertz CT molecular complexity index is 310. The van der Waals surface area contributed by atoms with Crippen LogP contribution in [0, 0.1) is 5.92 Å². The van der Waals surface area contributed by atoms with Crippen molar-refractivity contribution in [2.45, 2.75) is 27.3 Å². The number of rotatable bonds is 6. The van der Waals surface area contributed by atoms with Crippen LogP contribution in [0.15, 0.2) is 18.2 Å². The Morgan fingerprint density at radius 2 is 2.12 bits per heavy atom. The van der Waals surface area contributed by atoms with Crippen LogP contribution in [0.3, 0.4) is 0 Å². The number of pyridine rings is 1. The molecule has 16 heavy (non-hydrogen) atoms. The summed E-state index contributed by atoms with van der Waals surface area (Å²) in [6.45, 7) is 9.49. The molecular formula is C13H23N3. The number of anilines is 1. The average molecular weight is 221 g/mol. The van der Waals surface area contributed by atoms with Crippen molar-refractivity contribution in [3.63, 3.8) is 0 Å². The van der Waals surface area contributed by atoms with Gasteiger partial charge in [-0.3, -0.25) is 0 Å².